The molecule has 100 valence electrons. The maximum Gasteiger partial charge on any atom is 0.124 e. The summed E-state index contributed by atoms with van der Waals surface area (Å²) in [7, 11) is 0. The highest BCUT2D eigenvalue weighted by Crippen LogP contribution is 2.31. The number of para-hydroxylation sites is 1. The van der Waals surface area contributed by atoms with Crippen LogP contribution in [-0.2, 0) is 0 Å². The predicted octanol–water partition coefficient (Wildman–Crippen LogP) is 3.57. The molecular formula is C15H17ClN2O. The van der Waals surface area contributed by atoms with Crippen LogP contribution < -0.4 is 10.5 Å². The predicted molar refractivity (Wildman–Crippen MR) is 77.5 cm³/mol. The van der Waals surface area contributed by atoms with E-state index < -0.39 is 0 Å². The van der Waals surface area contributed by atoms with Crippen molar-refractivity contribution in [3.8, 4) is 5.75 Å². The van der Waals surface area contributed by atoms with Crippen LogP contribution in [0.4, 0.5) is 0 Å². The lowest BCUT2D eigenvalue weighted by Crippen LogP contribution is -2.14. The first-order valence-electron chi connectivity index (χ1n) is 6.30. The van der Waals surface area contributed by atoms with Gasteiger partial charge in [0.1, 0.15) is 5.75 Å². The Kier molecular flexibility index (Phi) is 4.77. The number of benzene rings is 1. The van der Waals surface area contributed by atoms with E-state index in [9.17, 15) is 0 Å². The third-order valence-electron chi connectivity index (χ3n) is 2.85. The van der Waals surface area contributed by atoms with Crippen LogP contribution in [0.25, 0.3) is 0 Å². The Balaban J connectivity index is 2.33. The summed E-state index contributed by atoms with van der Waals surface area (Å²) in [4.78, 5) is 3.97. The Morgan fingerprint density at radius 1 is 1.26 bits per heavy atom. The molecule has 4 heteroatoms. The van der Waals surface area contributed by atoms with E-state index in [1.54, 1.807) is 12.4 Å². The average Bonchev–Trinajstić information content (AvgIpc) is 2.45. The first kappa shape index (κ1) is 13.8. The molecule has 3 nitrogen and oxygen atoms in total. The normalized spacial score (nSPS) is 12.2. The number of nitrogens with zero attached hydrogens (tertiary/aromatic N) is 1. The van der Waals surface area contributed by atoms with Gasteiger partial charge in [0.15, 0.2) is 0 Å². The van der Waals surface area contributed by atoms with E-state index in [4.69, 9.17) is 22.1 Å². The van der Waals surface area contributed by atoms with E-state index in [1.165, 1.54) is 0 Å². The van der Waals surface area contributed by atoms with Gasteiger partial charge in [-0.15, -0.1) is 0 Å². The summed E-state index contributed by atoms with van der Waals surface area (Å²) in [6, 6.07) is 9.30. The summed E-state index contributed by atoms with van der Waals surface area (Å²) in [5.74, 6) is 0.810. The highest BCUT2D eigenvalue weighted by Gasteiger charge is 2.16. The molecule has 0 radical (unpaired) electrons. The number of nitrogens with two attached hydrogens (primary N) is 1. The molecule has 0 saturated heterocycles. The quantitative estimate of drug-likeness (QED) is 0.908. The average molecular weight is 277 g/mol. The zero-order valence-electron chi connectivity index (χ0n) is 10.8. The summed E-state index contributed by atoms with van der Waals surface area (Å²) in [6.45, 7) is 2.75. The van der Waals surface area contributed by atoms with Gasteiger partial charge in [0.2, 0.25) is 0 Å². The van der Waals surface area contributed by atoms with Gasteiger partial charge in [0.05, 0.1) is 17.7 Å². The van der Waals surface area contributed by atoms with E-state index >= 15 is 0 Å². The maximum atomic E-state index is 6.30. The van der Waals surface area contributed by atoms with Gasteiger partial charge in [-0.1, -0.05) is 36.7 Å². The van der Waals surface area contributed by atoms with Gasteiger partial charge in [-0.05, 0) is 24.1 Å². The van der Waals surface area contributed by atoms with Crippen molar-refractivity contribution < 1.29 is 4.74 Å². The van der Waals surface area contributed by atoms with E-state index in [2.05, 4.69) is 11.9 Å². The van der Waals surface area contributed by atoms with Crippen molar-refractivity contribution in [2.24, 2.45) is 5.73 Å². The standard InChI is InChI=1S/C15H17ClN2O/c1-2-9-19-14-6-4-3-5-12(14)15(17)11-7-8-18-10-13(11)16/h3-8,10,15H,2,9,17H2,1H3. The van der Waals surface area contributed by atoms with Gasteiger partial charge < -0.3 is 10.5 Å². The first-order chi connectivity index (χ1) is 9.24. The number of ether oxygens (including phenoxy) is 1. The molecule has 1 unspecified atom stereocenters. The lowest BCUT2D eigenvalue weighted by molar-refractivity contribution is 0.313. The third-order valence-corrected chi connectivity index (χ3v) is 3.17. The molecule has 2 N–H and O–H groups in total. The fourth-order valence-electron chi connectivity index (χ4n) is 1.89. The molecule has 0 aliphatic heterocycles. The molecule has 0 spiro atoms. The summed E-state index contributed by atoms with van der Waals surface area (Å²) in [5, 5.41) is 0.570. The van der Waals surface area contributed by atoms with Crippen molar-refractivity contribution in [1.29, 1.82) is 0 Å². The number of aromatic nitrogens is 1. The molecule has 0 fully saturated rings. The fourth-order valence-corrected chi connectivity index (χ4v) is 2.12. The molecule has 0 aliphatic rings. The largest absolute Gasteiger partial charge is 0.493 e. The second-order valence-electron chi connectivity index (χ2n) is 4.26. The highest BCUT2D eigenvalue weighted by molar-refractivity contribution is 6.31. The van der Waals surface area contributed by atoms with E-state index in [1.807, 2.05) is 30.3 Å². The molecule has 19 heavy (non-hydrogen) atoms. The Bertz CT molecular complexity index is 545. The van der Waals surface area contributed by atoms with Crippen LogP contribution in [-0.4, -0.2) is 11.6 Å². The molecule has 2 rings (SSSR count). The maximum absolute atomic E-state index is 6.30. The lowest BCUT2D eigenvalue weighted by atomic mass is 9.99. The van der Waals surface area contributed by atoms with Crippen molar-refractivity contribution in [2.45, 2.75) is 19.4 Å². The molecule has 0 saturated carbocycles. The number of hydrogen-bond acceptors (Lipinski definition) is 3. The van der Waals surface area contributed by atoms with Gasteiger partial charge in [-0.25, -0.2) is 0 Å². The molecular weight excluding hydrogens is 260 g/mol. The van der Waals surface area contributed by atoms with Gasteiger partial charge >= 0.3 is 0 Å². The Morgan fingerprint density at radius 2 is 2.05 bits per heavy atom. The minimum Gasteiger partial charge on any atom is -0.493 e. The van der Waals surface area contributed by atoms with Crippen molar-refractivity contribution in [3.63, 3.8) is 0 Å². The number of pyridine rings is 1. The summed E-state index contributed by atoms with van der Waals surface area (Å²) >= 11 is 6.14. The summed E-state index contributed by atoms with van der Waals surface area (Å²) in [5.41, 5.74) is 8.08. The van der Waals surface area contributed by atoms with Gasteiger partial charge in [0, 0.05) is 18.0 Å². The fraction of sp³-hybridized carbons (Fsp3) is 0.267. The second kappa shape index (κ2) is 6.55. The van der Waals surface area contributed by atoms with Crippen LogP contribution >= 0.6 is 11.6 Å². The van der Waals surface area contributed by atoms with Crippen LogP contribution in [0, 0.1) is 0 Å². The third kappa shape index (κ3) is 3.25. The molecule has 0 amide bonds. The Morgan fingerprint density at radius 3 is 2.79 bits per heavy atom. The second-order valence-corrected chi connectivity index (χ2v) is 4.67. The molecule has 2 aromatic rings. The summed E-state index contributed by atoms with van der Waals surface area (Å²) in [6.07, 6.45) is 4.25. The van der Waals surface area contributed by atoms with E-state index in [0.717, 1.165) is 23.3 Å². The van der Waals surface area contributed by atoms with Crippen molar-refractivity contribution in [2.75, 3.05) is 6.61 Å². The Labute approximate surface area is 118 Å². The monoisotopic (exact) mass is 276 g/mol. The van der Waals surface area contributed by atoms with Gasteiger partial charge in [0.25, 0.3) is 0 Å². The molecule has 1 atom stereocenters. The van der Waals surface area contributed by atoms with Gasteiger partial charge in [-0.2, -0.15) is 0 Å². The minimum absolute atomic E-state index is 0.316. The number of halogens is 1. The minimum atomic E-state index is -0.316. The molecule has 1 heterocycles. The number of rotatable bonds is 5. The molecule has 0 aliphatic carbocycles. The van der Waals surface area contributed by atoms with Crippen molar-refractivity contribution >= 4 is 11.6 Å². The van der Waals surface area contributed by atoms with E-state index in [0.29, 0.717) is 11.6 Å². The molecule has 1 aromatic carbocycles. The van der Waals surface area contributed by atoms with Crippen LogP contribution in [0.15, 0.2) is 42.7 Å². The zero-order chi connectivity index (χ0) is 13.7. The highest BCUT2D eigenvalue weighted by atomic mass is 35.5. The van der Waals surface area contributed by atoms with E-state index in [-0.39, 0.29) is 6.04 Å². The smallest absolute Gasteiger partial charge is 0.124 e. The van der Waals surface area contributed by atoms with Crippen molar-refractivity contribution in [3.05, 3.63) is 58.9 Å². The topological polar surface area (TPSA) is 48.1 Å². The SMILES string of the molecule is CCCOc1ccccc1C(N)c1ccncc1Cl. The lowest BCUT2D eigenvalue weighted by Gasteiger charge is -2.18. The van der Waals surface area contributed by atoms with Crippen molar-refractivity contribution in [1.82, 2.24) is 4.98 Å². The van der Waals surface area contributed by atoms with Crippen LogP contribution in [0.2, 0.25) is 5.02 Å². The first-order valence-corrected chi connectivity index (χ1v) is 6.68. The number of hydrogen-bond donors (Lipinski definition) is 1. The zero-order valence-corrected chi connectivity index (χ0v) is 11.6. The Hall–Kier alpha value is -1.58. The van der Waals surface area contributed by atoms with Gasteiger partial charge in [-0.3, -0.25) is 4.98 Å². The van der Waals surface area contributed by atoms with Crippen LogP contribution in [0.1, 0.15) is 30.5 Å². The summed E-state index contributed by atoms with van der Waals surface area (Å²) < 4.78 is 5.73. The molecule has 1 aromatic heterocycles. The van der Waals surface area contributed by atoms with Crippen LogP contribution in [0.3, 0.4) is 0 Å². The molecule has 0 bridgehead atoms. The van der Waals surface area contributed by atoms with Crippen LogP contribution in [0.5, 0.6) is 5.75 Å².